The summed E-state index contributed by atoms with van der Waals surface area (Å²) in [6, 6.07) is 22.4. The lowest BCUT2D eigenvalue weighted by molar-refractivity contribution is -0.142. The number of aromatic nitrogens is 2. The number of fused-ring (bicyclic) bond motifs is 1. The molecular weight excluding hydrogens is 935 g/mol. The summed E-state index contributed by atoms with van der Waals surface area (Å²) in [6.07, 6.45) is 3.19. The van der Waals surface area contributed by atoms with Crippen LogP contribution < -0.4 is 30.7 Å². The number of rotatable bonds is 23. The second-order valence-electron chi connectivity index (χ2n) is 15.7. The lowest BCUT2D eigenvalue weighted by Crippen LogP contribution is -2.48. The normalized spacial score (nSPS) is 13.6. The molecule has 2 atom stereocenters. The molecule has 0 unspecified atom stereocenters. The minimum Gasteiger partial charge on any atom is -0.481 e. The van der Waals surface area contributed by atoms with Crippen molar-refractivity contribution in [2.75, 3.05) is 39.8 Å². The average Bonchev–Trinajstić information content (AvgIpc) is 3.77. The Balaban J connectivity index is 0.978. The maximum atomic E-state index is 13.4. The molecule has 7 N–H and O–H groups in total. The van der Waals surface area contributed by atoms with Crippen LogP contribution in [0.2, 0.25) is 0 Å². The monoisotopic (exact) mass is 987 g/mol. The van der Waals surface area contributed by atoms with Crippen molar-refractivity contribution in [3.05, 3.63) is 114 Å². The summed E-state index contributed by atoms with van der Waals surface area (Å²) in [5.74, 6) is -2.40. The summed E-state index contributed by atoms with van der Waals surface area (Å²) in [5, 5.41) is 25.1. The van der Waals surface area contributed by atoms with Crippen LogP contribution >= 0.6 is 0 Å². The van der Waals surface area contributed by atoms with E-state index in [9.17, 15) is 40.8 Å². The smallest absolute Gasteiger partial charge is 0.408 e. The van der Waals surface area contributed by atoms with Crippen LogP contribution in [0.4, 0.5) is 4.79 Å². The van der Waals surface area contributed by atoms with Crippen LogP contribution in [-0.4, -0.2) is 119 Å². The first-order chi connectivity index (χ1) is 33.1. The van der Waals surface area contributed by atoms with Crippen molar-refractivity contribution in [2.24, 2.45) is 4.99 Å². The number of carbonyl (C=O) groups excluding carboxylic acids is 4. The Bertz CT molecular complexity index is 2860. The molecule has 3 amide bonds. The lowest BCUT2D eigenvalue weighted by atomic mass is 10.1. The van der Waals surface area contributed by atoms with Crippen LogP contribution in [0.15, 0.2) is 118 Å². The second kappa shape index (κ2) is 24.2. The van der Waals surface area contributed by atoms with E-state index in [1.165, 1.54) is 48.5 Å². The number of nitrogens with one attached hydrogen (secondary N) is 6. The number of carboxylic acid groups (broad SMARTS) is 1. The first-order valence-corrected chi connectivity index (χ1v) is 24.9. The summed E-state index contributed by atoms with van der Waals surface area (Å²) in [4.78, 5) is 66.4. The highest BCUT2D eigenvalue weighted by molar-refractivity contribution is 7.89. The molecule has 69 heavy (non-hydrogen) atoms. The number of carboxylic acids is 1. The van der Waals surface area contributed by atoms with E-state index in [0.29, 0.717) is 29.8 Å². The molecule has 0 saturated heterocycles. The predicted molar refractivity (Wildman–Crippen MR) is 253 cm³/mol. The van der Waals surface area contributed by atoms with E-state index in [0.717, 1.165) is 49.7 Å². The molecule has 1 aromatic heterocycles. The van der Waals surface area contributed by atoms with Gasteiger partial charge >= 0.3 is 18.0 Å². The molecule has 0 bridgehead atoms. The van der Waals surface area contributed by atoms with E-state index in [2.05, 4.69) is 40.8 Å². The van der Waals surface area contributed by atoms with Crippen molar-refractivity contribution >= 4 is 66.6 Å². The summed E-state index contributed by atoms with van der Waals surface area (Å²) >= 11 is 0. The molecular formula is C46H53N9O12S2. The zero-order valence-electron chi connectivity index (χ0n) is 37.6. The van der Waals surface area contributed by atoms with E-state index < -0.39 is 74.9 Å². The zero-order valence-corrected chi connectivity index (χ0v) is 39.2. The third kappa shape index (κ3) is 14.9. The Labute approximate surface area is 398 Å². The third-order valence-corrected chi connectivity index (χ3v) is 13.7. The Morgan fingerprint density at radius 2 is 1.49 bits per heavy atom. The minimum absolute atomic E-state index is 0.0763. The molecule has 0 fully saturated rings. The molecule has 21 nitrogen and oxygen atoms in total. The standard InChI is InChI=1S/C46H53N9O12S2/c1-66-45(60)39(29-50-43(58)34-14-20-40-35(27-34)28-51-55(40)26-25-48-41-9-5-6-22-47-41)54-69(64,65)37-17-12-33(13-18-37)32-10-15-36(16-11-32)68(62,63)52-24-23-49-44(59)38(19-21-42(56)57)53-46(61)67-30-31-7-3-2-4-8-31/h2-4,7-8,10-18,20,27-28,38-39,52,54H,5-6,9,19,21-26,29-30H2,1H3,(H,47,48)(H,49,59)(H,50,58)(H,53,61)(H,56,57)/t38-,39-/m0/s1. The molecule has 2 heterocycles. The van der Waals surface area contributed by atoms with Gasteiger partial charge in [0.1, 0.15) is 18.7 Å². The Kier molecular flexibility index (Phi) is 17.9. The SMILES string of the molecule is COC(=O)[C@H](CNC(=O)c1ccc2c(cnn2CCNC2=NCCCC2)c1)NS(=O)(=O)c1ccc(-c2ccc(S(=O)(=O)NCCNC(=O)[C@H](CCC(=O)O)NC(=O)OCc3ccccc3)cc2)cc1. The van der Waals surface area contributed by atoms with Crippen molar-refractivity contribution < 1.29 is 55.4 Å². The van der Waals surface area contributed by atoms with Crippen LogP contribution in [0.3, 0.4) is 0 Å². The van der Waals surface area contributed by atoms with E-state index in [4.69, 9.17) is 14.6 Å². The summed E-state index contributed by atoms with van der Waals surface area (Å²) < 4.78 is 69.5. The lowest BCUT2D eigenvalue weighted by Gasteiger charge is -2.18. The number of sulfonamides is 2. The topological polar surface area (TPSA) is 295 Å². The molecule has 0 aliphatic carbocycles. The molecule has 366 valence electrons. The maximum absolute atomic E-state index is 13.4. The number of amidine groups is 1. The fourth-order valence-electron chi connectivity index (χ4n) is 7.10. The highest BCUT2D eigenvalue weighted by Gasteiger charge is 2.28. The van der Waals surface area contributed by atoms with Gasteiger partial charge in [0, 0.05) is 56.5 Å². The van der Waals surface area contributed by atoms with Crippen LogP contribution in [0.1, 0.15) is 48.0 Å². The van der Waals surface area contributed by atoms with Gasteiger partial charge in [-0.15, -0.1) is 0 Å². The van der Waals surface area contributed by atoms with Gasteiger partial charge in [0.05, 0.1) is 41.0 Å². The van der Waals surface area contributed by atoms with Gasteiger partial charge in [0.15, 0.2) is 0 Å². The average molecular weight is 988 g/mol. The van der Waals surface area contributed by atoms with Crippen molar-refractivity contribution in [3.8, 4) is 11.1 Å². The van der Waals surface area contributed by atoms with Crippen LogP contribution in [0.25, 0.3) is 22.0 Å². The van der Waals surface area contributed by atoms with Gasteiger partial charge in [-0.2, -0.15) is 9.82 Å². The number of carbonyl (C=O) groups is 5. The molecule has 0 radical (unpaired) electrons. The van der Waals surface area contributed by atoms with E-state index in [1.807, 2.05) is 4.68 Å². The number of hydrogen-bond donors (Lipinski definition) is 7. The largest absolute Gasteiger partial charge is 0.481 e. The highest BCUT2D eigenvalue weighted by atomic mass is 32.2. The van der Waals surface area contributed by atoms with Crippen molar-refractivity contribution in [1.29, 1.82) is 0 Å². The van der Waals surface area contributed by atoms with E-state index in [1.54, 1.807) is 54.7 Å². The predicted octanol–water partition coefficient (Wildman–Crippen LogP) is 2.68. The van der Waals surface area contributed by atoms with Gasteiger partial charge in [-0.1, -0.05) is 54.6 Å². The summed E-state index contributed by atoms with van der Waals surface area (Å²) in [6.45, 7) is 1.13. The number of hydrogen-bond acceptors (Lipinski definition) is 14. The van der Waals surface area contributed by atoms with E-state index in [-0.39, 0.29) is 41.5 Å². The molecule has 0 saturated carbocycles. The summed E-state index contributed by atoms with van der Waals surface area (Å²) in [7, 11) is -7.30. The molecule has 6 rings (SSSR count). The van der Waals surface area contributed by atoms with Gasteiger partial charge in [-0.25, -0.2) is 26.4 Å². The molecule has 5 aromatic rings. The van der Waals surface area contributed by atoms with Crippen LogP contribution in [-0.2, 0) is 57.1 Å². The van der Waals surface area contributed by atoms with Gasteiger partial charge in [-0.3, -0.25) is 28.9 Å². The molecule has 1 aliphatic heterocycles. The Hall–Kier alpha value is -7.21. The van der Waals surface area contributed by atoms with Crippen molar-refractivity contribution in [3.63, 3.8) is 0 Å². The Morgan fingerprint density at radius 1 is 0.797 bits per heavy atom. The zero-order chi connectivity index (χ0) is 49.4. The number of esters is 1. The van der Waals surface area contributed by atoms with Gasteiger partial charge < -0.3 is 35.8 Å². The van der Waals surface area contributed by atoms with Crippen molar-refractivity contribution in [2.45, 2.75) is 67.1 Å². The number of ether oxygens (including phenoxy) is 2. The highest BCUT2D eigenvalue weighted by Crippen LogP contribution is 2.24. The number of benzene rings is 4. The van der Waals surface area contributed by atoms with Crippen LogP contribution in [0.5, 0.6) is 0 Å². The first kappa shape index (κ1) is 51.2. The maximum Gasteiger partial charge on any atom is 0.408 e. The Morgan fingerprint density at radius 3 is 2.14 bits per heavy atom. The number of alkyl carbamates (subject to hydrolysis) is 1. The van der Waals surface area contributed by atoms with Gasteiger partial charge in [0.2, 0.25) is 26.0 Å². The molecule has 4 aromatic carbocycles. The molecule has 23 heteroatoms. The quantitative estimate of drug-likeness (QED) is 0.0366. The number of aliphatic carboxylic acids is 1. The number of amides is 3. The third-order valence-electron chi connectivity index (χ3n) is 10.8. The number of methoxy groups -OCH3 is 1. The fourth-order valence-corrected chi connectivity index (χ4v) is 9.31. The van der Waals surface area contributed by atoms with Crippen LogP contribution in [0, 0.1) is 0 Å². The number of nitrogens with zero attached hydrogens (tertiary/aromatic N) is 3. The summed E-state index contributed by atoms with van der Waals surface area (Å²) in [5.41, 5.74) is 2.88. The second-order valence-corrected chi connectivity index (χ2v) is 19.2. The minimum atomic E-state index is -4.33. The number of aliphatic imine (C=N–C) groups is 1. The molecule has 1 aliphatic rings. The van der Waals surface area contributed by atoms with Gasteiger partial charge in [0.25, 0.3) is 5.91 Å². The van der Waals surface area contributed by atoms with E-state index >= 15 is 0 Å². The molecule has 0 spiro atoms. The fraction of sp³-hybridized carbons (Fsp3) is 0.326. The first-order valence-electron chi connectivity index (χ1n) is 21.9. The van der Waals surface area contributed by atoms with Crippen molar-refractivity contribution in [1.82, 2.24) is 40.5 Å². The van der Waals surface area contributed by atoms with Gasteiger partial charge in [-0.05, 0) is 78.4 Å².